The smallest absolute Gasteiger partial charge is 0.417 e. The fourth-order valence-corrected chi connectivity index (χ4v) is 3.64. The molecule has 3 aromatic carbocycles. The first kappa shape index (κ1) is 24.6. The Hall–Kier alpha value is -3.04. The maximum absolute atomic E-state index is 13.1. The van der Waals surface area contributed by atoms with Crippen molar-refractivity contribution in [2.24, 2.45) is 5.10 Å². The zero-order valence-corrected chi connectivity index (χ0v) is 19.5. The van der Waals surface area contributed by atoms with Crippen LogP contribution in [0.3, 0.4) is 0 Å². The highest BCUT2D eigenvalue weighted by Gasteiger charge is 2.34. The molecule has 0 saturated heterocycles. The number of hydrogen-bond acceptors (Lipinski definition) is 4. The van der Waals surface area contributed by atoms with Gasteiger partial charge in [-0.3, -0.25) is 4.79 Å². The molecule has 0 atom stereocenters. The van der Waals surface area contributed by atoms with Crippen LogP contribution in [0.2, 0.25) is 5.02 Å². The third-order valence-electron chi connectivity index (χ3n) is 4.44. The van der Waals surface area contributed by atoms with Gasteiger partial charge in [-0.25, -0.2) is 5.43 Å². The SMILES string of the molecule is COc1cc(/C=N/NC(=O)c2ccccc2C(F)(F)F)cc(Br)c1OCc1ccccc1Cl. The van der Waals surface area contributed by atoms with Crippen LogP contribution >= 0.6 is 27.5 Å². The van der Waals surface area contributed by atoms with Gasteiger partial charge in [-0.05, 0) is 51.8 Å². The van der Waals surface area contributed by atoms with Crippen LogP contribution in [0.1, 0.15) is 27.0 Å². The first-order chi connectivity index (χ1) is 15.7. The molecule has 0 spiro atoms. The zero-order chi connectivity index (χ0) is 24.0. The van der Waals surface area contributed by atoms with Gasteiger partial charge in [-0.2, -0.15) is 18.3 Å². The van der Waals surface area contributed by atoms with E-state index in [2.05, 4.69) is 26.5 Å². The molecule has 0 bridgehead atoms. The van der Waals surface area contributed by atoms with Gasteiger partial charge in [0.1, 0.15) is 6.61 Å². The van der Waals surface area contributed by atoms with Crippen LogP contribution < -0.4 is 14.9 Å². The number of nitrogens with zero attached hydrogens (tertiary/aromatic N) is 1. The molecule has 1 N–H and O–H groups in total. The normalized spacial score (nSPS) is 11.5. The van der Waals surface area contributed by atoms with Crippen molar-refractivity contribution in [1.29, 1.82) is 0 Å². The standard InChI is InChI=1S/C23H17BrClF3N2O3/c1-32-20-11-14(10-18(24)21(20)33-13-15-6-2-5-9-19(15)25)12-29-30-22(31)16-7-3-4-8-17(16)23(26,27)28/h2-12H,13H2,1H3,(H,30,31)/b29-12+. The van der Waals surface area contributed by atoms with Gasteiger partial charge in [0.2, 0.25) is 0 Å². The van der Waals surface area contributed by atoms with E-state index >= 15 is 0 Å². The van der Waals surface area contributed by atoms with Crippen molar-refractivity contribution in [2.45, 2.75) is 12.8 Å². The Bertz CT molecular complexity index is 1190. The Morgan fingerprint density at radius 1 is 1.15 bits per heavy atom. The van der Waals surface area contributed by atoms with Crippen LogP contribution in [0, 0.1) is 0 Å². The highest BCUT2D eigenvalue weighted by molar-refractivity contribution is 9.10. The second kappa shape index (κ2) is 10.7. The highest BCUT2D eigenvalue weighted by atomic mass is 79.9. The van der Waals surface area contributed by atoms with Crippen LogP contribution in [0.25, 0.3) is 0 Å². The summed E-state index contributed by atoms with van der Waals surface area (Å²) in [6.07, 6.45) is -3.38. The van der Waals surface area contributed by atoms with Crippen molar-refractivity contribution in [3.63, 3.8) is 0 Å². The summed E-state index contributed by atoms with van der Waals surface area (Å²) in [5.41, 5.74) is 1.85. The molecule has 0 unspecified atom stereocenters. The molecule has 10 heteroatoms. The number of rotatable bonds is 7. The maximum atomic E-state index is 13.1. The Morgan fingerprint density at radius 3 is 2.55 bits per heavy atom. The summed E-state index contributed by atoms with van der Waals surface area (Å²) in [6.45, 7) is 0.205. The van der Waals surface area contributed by atoms with Gasteiger partial charge in [0.25, 0.3) is 5.91 Å². The van der Waals surface area contributed by atoms with Gasteiger partial charge < -0.3 is 9.47 Å². The minimum absolute atomic E-state index is 0.205. The van der Waals surface area contributed by atoms with Gasteiger partial charge in [-0.1, -0.05) is 41.9 Å². The topological polar surface area (TPSA) is 59.9 Å². The molecule has 0 fully saturated rings. The van der Waals surface area contributed by atoms with Gasteiger partial charge >= 0.3 is 6.18 Å². The Labute approximate surface area is 201 Å². The van der Waals surface area contributed by atoms with Crippen LogP contribution in [-0.2, 0) is 12.8 Å². The number of ether oxygens (including phenoxy) is 2. The van der Waals surface area contributed by atoms with Gasteiger partial charge in [0.05, 0.1) is 28.9 Å². The molecule has 1 amide bonds. The minimum atomic E-state index is -4.66. The number of hydrazone groups is 1. The number of hydrogen-bond donors (Lipinski definition) is 1. The van der Waals surface area contributed by atoms with Crippen LogP contribution in [0.4, 0.5) is 13.2 Å². The number of methoxy groups -OCH3 is 1. The molecule has 0 aliphatic carbocycles. The number of halogens is 5. The maximum Gasteiger partial charge on any atom is 0.417 e. The molecule has 172 valence electrons. The summed E-state index contributed by atoms with van der Waals surface area (Å²) >= 11 is 9.56. The molecule has 0 aliphatic heterocycles. The van der Waals surface area contributed by atoms with Crippen LogP contribution in [0.15, 0.2) is 70.2 Å². The van der Waals surface area contributed by atoms with E-state index in [-0.39, 0.29) is 6.61 Å². The molecule has 3 aromatic rings. The Morgan fingerprint density at radius 2 is 1.85 bits per heavy atom. The zero-order valence-electron chi connectivity index (χ0n) is 17.1. The summed E-state index contributed by atoms with van der Waals surface area (Å²) in [6, 6.07) is 15.0. The van der Waals surface area contributed by atoms with Gasteiger partial charge in [0.15, 0.2) is 11.5 Å². The molecule has 0 heterocycles. The van der Waals surface area contributed by atoms with E-state index in [1.54, 1.807) is 18.2 Å². The number of amides is 1. The Balaban J connectivity index is 1.74. The van der Waals surface area contributed by atoms with E-state index in [0.717, 1.165) is 17.7 Å². The first-order valence-corrected chi connectivity index (χ1v) is 10.6. The largest absolute Gasteiger partial charge is 0.493 e. The van der Waals surface area contributed by atoms with Crippen LogP contribution in [0.5, 0.6) is 11.5 Å². The van der Waals surface area contributed by atoms with E-state index in [0.29, 0.717) is 26.6 Å². The number of carbonyl (C=O) groups excluding carboxylic acids is 1. The Kier molecular flexibility index (Phi) is 7.99. The van der Waals surface area contributed by atoms with Crippen LogP contribution in [-0.4, -0.2) is 19.2 Å². The van der Waals surface area contributed by atoms with E-state index in [1.165, 1.54) is 25.5 Å². The van der Waals surface area contributed by atoms with Crippen molar-refractivity contribution in [2.75, 3.05) is 7.11 Å². The average molecular weight is 542 g/mol. The number of benzene rings is 3. The second-order valence-electron chi connectivity index (χ2n) is 6.66. The van der Waals surface area contributed by atoms with E-state index in [1.807, 2.05) is 18.2 Å². The number of alkyl halides is 3. The molecule has 3 rings (SSSR count). The molecule has 0 aromatic heterocycles. The third kappa shape index (κ3) is 6.27. The molecule has 0 radical (unpaired) electrons. The van der Waals surface area contributed by atoms with E-state index in [4.69, 9.17) is 21.1 Å². The van der Waals surface area contributed by atoms with Crippen molar-refractivity contribution in [3.05, 3.63) is 92.4 Å². The third-order valence-corrected chi connectivity index (χ3v) is 5.40. The predicted octanol–water partition coefficient (Wildman–Crippen LogP) is 6.47. The summed E-state index contributed by atoms with van der Waals surface area (Å²) in [4.78, 5) is 12.2. The van der Waals surface area contributed by atoms with Crippen molar-refractivity contribution < 1.29 is 27.4 Å². The highest BCUT2D eigenvalue weighted by Crippen LogP contribution is 2.37. The van der Waals surface area contributed by atoms with E-state index < -0.39 is 23.2 Å². The fourth-order valence-electron chi connectivity index (χ4n) is 2.87. The van der Waals surface area contributed by atoms with E-state index in [9.17, 15) is 18.0 Å². The van der Waals surface area contributed by atoms with Gasteiger partial charge in [-0.15, -0.1) is 0 Å². The monoisotopic (exact) mass is 540 g/mol. The molecular weight excluding hydrogens is 525 g/mol. The second-order valence-corrected chi connectivity index (χ2v) is 7.92. The summed E-state index contributed by atoms with van der Waals surface area (Å²) in [7, 11) is 1.46. The lowest BCUT2D eigenvalue weighted by Gasteiger charge is -2.14. The number of nitrogens with one attached hydrogen (secondary N) is 1. The lowest BCUT2D eigenvalue weighted by Crippen LogP contribution is -2.22. The molecular formula is C23H17BrClF3N2O3. The lowest BCUT2D eigenvalue weighted by atomic mass is 10.1. The minimum Gasteiger partial charge on any atom is -0.493 e. The fraction of sp³-hybridized carbons (Fsp3) is 0.130. The molecule has 5 nitrogen and oxygen atoms in total. The first-order valence-electron chi connectivity index (χ1n) is 9.44. The van der Waals surface area contributed by atoms with Crippen molar-refractivity contribution in [3.8, 4) is 11.5 Å². The summed E-state index contributed by atoms with van der Waals surface area (Å²) < 4.78 is 51.1. The summed E-state index contributed by atoms with van der Waals surface area (Å²) in [5.74, 6) is -0.172. The van der Waals surface area contributed by atoms with Crippen molar-refractivity contribution >= 4 is 39.7 Å². The number of carbonyl (C=O) groups is 1. The molecule has 0 saturated carbocycles. The lowest BCUT2D eigenvalue weighted by molar-refractivity contribution is -0.137. The summed E-state index contributed by atoms with van der Waals surface area (Å²) in [5, 5.41) is 4.33. The molecule has 33 heavy (non-hydrogen) atoms. The molecule has 0 aliphatic rings. The van der Waals surface area contributed by atoms with Crippen molar-refractivity contribution in [1.82, 2.24) is 5.43 Å². The quantitative estimate of drug-likeness (QED) is 0.275. The predicted molar refractivity (Wildman–Crippen MR) is 123 cm³/mol. The average Bonchev–Trinajstić information content (AvgIpc) is 2.78. The van der Waals surface area contributed by atoms with Gasteiger partial charge in [0, 0.05) is 10.6 Å².